The van der Waals surface area contributed by atoms with Crippen LogP contribution in [0, 0.1) is 5.82 Å². The highest BCUT2D eigenvalue weighted by atomic mass is 19.4. The molecule has 0 aliphatic carbocycles. The van der Waals surface area contributed by atoms with E-state index in [1.807, 2.05) is 0 Å². The number of benzene rings is 2. The van der Waals surface area contributed by atoms with Crippen molar-refractivity contribution >= 4 is 12.2 Å². The summed E-state index contributed by atoms with van der Waals surface area (Å²) in [5.41, 5.74) is -0.876. The van der Waals surface area contributed by atoms with Crippen LogP contribution < -0.4 is 10.1 Å². The van der Waals surface area contributed by atoms with Gasteiger partial charge in [0.1, 0.15) is 17.9 Å². The van der Waals surface area contributed by atoms with Gasteiger partial charge in [0, 0.05) is 17.7 Å². The number of methoxy groups -OCH3 is 1. The van der Waals surface area contributed by atoms with Gasteiger partial charge in [-0.2, -0.15) is 13.2 Å². The summed E-state index contributed by atoms with van der Waals surface area (Å²) in [6.07, 6.45) is -4.08. The molecule has 1 N–H and O–H groups in total. The first-order valence-corrected chi connectivity index (χ1v) is 7.03. The van der Waals surface area contributed by atoms with Crippen LogP contribution in [-0.4, -0.2) is 19.3 Å². The number of rotatable bonds is 5. The molecule has 0 saturated carbocycles. The van der Waals surface area contributed by atoms with Gasteiger partial charge in [0.05, 0.1) is 18.2 Å². The average molecular weight is 355 g/mol. The molecule has 0 heterocycles. The predicted molar refractivity (Wildman–Crippen MR) is 81.0 cm³/mol. The first kappa shape index (κ1) is 18.4. The Morgan fingerprint density at radius 2 is 1.92 bits per heavy atom. The van der Waals surface area contributed by atoms with Crippen LogP contribution in [0.2, 0.25) is 0 Å². The molecule has 0 fully saturated rings. The van der Waals surface area contributed by atoms with E-state index < -0.39 is 29.0 Å². The van der Waals surface area contributed by atoms with Gasteiger partial charge in [0.2, 0.25) is 0 Å². The molecule has 0 aromatic heterocycles. The van der Waals surface area contributed by atoms with Gasteiger partial charge in [0.25, 0.3) is 5.91 Å². The Bertz CT molecular complexity index is 803. The highest BCUT2D eigenvalue weighted by molar-refractivity contribution is 5.94. The van der Waals surface area contributed by atoms with E-state index in [1.54, 1.807) is 0 Å². The van der Waals surface area contributed by atoms with Crippen LogP contribution in [-0.2, 0) is 12.7 Å². The maximum Gasteiger partial charge on any atom is 0.416 e. The predicted octanol–water partition coefficient (Wildman–Crippen LogP) is 3.60. The van der Waals surface area contributed by atoms with E-state index in [1.165, 1.54) is 25.3 Å². The zero-order chi connectivity index (χ0) is 18.6. The minimum Gasteiger partial charge on any atom is -0.496 e. The fourth-order valence-corrected chi connectivity index (χ4v) is 2.16. The number of hydrogen-bond acceptors (Lipinski definition) is 3. The van der Waals surface area contributed by atoms with Crippen LogP contribution in [0.4, 0.5) is 17.6 Å². The number of nitrogens with one attached hydrogen (secondary N) is 1. The summed E-state index contributed by atoms with van der Waals surface area (Å²) in [4.78, 5) is 22.8. The molecule has 2 aromatic carbocycles. The summed E-state index contributed by atoms with van der Waals surface area (Å²) in [7, 11) is 1.40. The van der Waals surface area contributed by atoms with Crippen LogP contribution in [0.5, 0.6) is 5.75 Å². The Kier molecular flexibility index (Phi) is 5.41. The molecule has 0 atom stereocenters. The molecule has 0 unspecified atom stereocenters. The lowest BCUT2D eigenvalue weighted by Gasteiger charge is -2.12. The molecule has 0 saturated heterocycles. The monoisotopic (exact) mass is 355 g/mol. The van der Waals surface area contributed by atoms with Crippen molar-refractivity contribution < 1.29 is 31.9 Å². The Hall–Kier alpha value is -2.90. The van der Waals surface area contributed by atoms with Crippen molar-refractivity contribution in [3.8, 4) is 5.75 Å². The third-order valence-electron chi connectivity index (χ3n) is 3.42. The number of amides is 1. The van der Waals surface area contributed by atoms with Crippen LogP contribution in [0.3, 0.4) is 0 Å². The van der Waals surface area contributed by atoms with Crippen molar-refractivity contribution in [2.45, 2.75) is 12.7 Å². The number of halogens is 4. The van der Waals surface area contributed by atoms with Gasteiger partial charge in [0.15, 0.2) is 0 Å². The molecule has 0 radical (unpaired) electrons. The quantitative estimate of drug-likeness (QED) is 0.659. The molecule has 0 spiro atoms. The number of aldehydes is 1. The normalized spacial score (nSPS) is 11.1. The van der Waals surface area contributed by atoms with Crippen molar-refractivity contribution in [2.75, 3.05) is 7.11 Å². The molecular formula is C17H13F4NO3. The molecule has 0 aliphatic rings. The minimum atomic E-state index is -4.70. The highest BCUT2D eigenvalue weighted by Crippen LogP contribution is 2.30. The van der Waals surface area contributed by atoms with Gasteiger partial charge in [-0.05, 0) is 36.4 Å². The zero-order valence-electron chi connectivity index (χ0n) is 13.0. The number of ether oxygens (including phenoxy) is 1. The Morgan fingerprint density at radius 1 is 1.20 bits per heavy atom. The van der Waals surface area contributed by atoms with Crippen LogP contribution in [0.15, 0.2) is 36.4 Å². The fraction of sp³-hybridized carbons (Fsp3) is 0.176. The third kappa shape index (κ3) is 4.34. The molecule has 2 aromatic rings. The van der Waals surface area contributed by atoms with Crippen LogP contribution in [0.25, 0.3) is 0 Å². The van der Waals surface area contributed by atoms with Gasteiger partial charge in [-0.15, -0.1) is 0 Å². The maximum atomic E-state index is 13.8. The molecule has 2 rings (SSSR count). The highest BCUT2D eigenvalue weighted by Gasteiger charge is 2.31. The molecule has 4 nitrogen and oxygen atoms in total. The van der Waals surface area contributed by atoms with Crippen molar-refractivity contribution in [1.29, 1.82) is 0 Å². The topological polar surface area (TPSA) is 55.4 Å². The lowest BCUT2D eigenvalue weighted by atomic mass is 10.1. The second kappa shape index (κ2) is 7.33. The van der Waals surface area contributed by atoms with E-state index in [2.05, 4.69) is 5.32 Å². The molecule has 132 valence electrons. The number of hydrogen-bond donors (Lipinski definition) is 1. The largest absolute Gasteiger partial charge is 0.496 e. The molecule has 25 heavy (non-hydrogen) atoms. The van der Waals surface area contributed by atoms with Crippen molar-refractivity contribution in [2.24, 2.45) is 0 Å². The van der Waals surface area contributed by atoms with Gasteiger partial charge in [-0.25, -0.2) is 4.39 Å². The Labute approximate surface area is 140 Å². The third-order valence-corrected chi connectivity index (χ3v) is 3.42. The molecule has 1 amide bonds. The average Bonchev–Trinajstić information content (AvgIpc) is 2.58. The summed E-state index contributed by atoms with van der Waals surface area (Å²) >= 11 is 0. The number of carbonyl (C=O) groups is 2. The molecular weight excluding hydrogens is 342 g/mol. The van der Waals surface area contributed by atoms with Gasteiger partial charge in [-0.1, -0.05) is 0 Å². The number of carbonyl (C=O) groups excluding carboxylic acids is 2. The van der Waals surface area contributed by atoms with Crippen LogP contribution >= 0.6 is 0 Å². The molecule has 0 aliphatic heterocycles. The lowest BCUT2D eigenvalue weighted by molar-refractivity contribution is -0.137. The van der Waals surface area contributed by atoms with E-state index >= 15 is 0 Å². The van der Waals surface area contributed by atoms with Crippen molar-refractivity contribution in [3.05, 3.63) is 64.5 Å². The number of alkyl halides is 3. The van der Waals surface area contributed by atoms with E-state index in [-0.39, 0.29) is 12.6 Å². The van der Waals surface area contributed by atoms with E-state index in [0.717, 1.165) is 6.07 Å². The van der Waals surface area contributed by atoms with Gasteiger partial charge < -0.3 is 10.1 Å². The van der Waals surface area contributed by atoms with Crippen molar-refractivity contribution in [1.82, 2.24) is 5.32 Å². The van der Waals surface area contributed by atoms with E-state index in [4.69, 9.17) is 4.74 Å². The maximum absolute atomic E-state index is 13.8. The summed E-state index contributed by atoms with van der Waals surface area (Å²) < 4.78 is 56.4. The Morgan fingerprint density at radius 3 is 2.48 bits per heavy atom. The van der Waals surface area contributed by atoms with E-state index in [0.29, 0.717) is 29.2 Å². The summed E-state index contributed by atoms with van der Waals surface area (Å²) in [6, 6.07) is 6.20. The van der Waals surface area contributed by atoms with Gasteiger partial charge >= 0.3 is 6.18 Å². The minimum absolute atomic E-state index is 0.0931. The van der Waals surface area contributed by atoms with Crippen molar-refractivity contribution in [3.63, 3.8) is 0 Å². The summed E-state index contributed by atoms with van der Waals surface area (Å²) in [6.45, 7) is -0.0931. The summed E-state index contributed by atoms with van der Waals surface area (Å²) in [5, 5.41) is 2.38. The first-order chi connectivity index (χ1) is 11.8. The lowest BCUT2D eigenvalue weighted by Crippen LogP contribution is -2.24. The standard InChI is InChI=1S/C17H13F4NO3/c1-25-15-5-2-10(9-23)6-11(15)8-22-16(24)13-4-3-12(7-14(13)18)17(19,20)21/h2-7,9H,8H2,1H3,(H,22,24). The van der Waals surface area contributed by atoms with Crippen LogP contribution in [0.1, 0.15) is 31.8 Å². The second-order valence-electron chi connectivity index (χ2n) is 5.06. The zero-order valence-corrected chi connectivity index (χ0v) is 13.0. The van der Waals surface area contributed by atoms with E-state index in [9.17, 15) is 27.2 Å². The fourth-order valence-electron chi connectivity index (χ4n) is 2.16. The summed E-state index contributed by atoms with van der Waals surface area (Å²) in [5.74, 6) is -1.76. The molecule has 0 bridgehead atoms. The second-order valence-corrected chi connectivity index (χ2v) is 5.06. The Balaban J connectivity index is 2.17. The SMILES string of the molecule is COc1ccc(C=O)cc1CNC(=O)c1ccc(C(F)(F)F)cc1F. The molecule has 8 heteroatoms. The first-order valence-electron chi connectivity index (χ1n) is 7.03. The smallest absolute Gasteiger partial charge is 0.416 e. The van der Waals surface area contributed by atoms with Gasteiger partial charge in [-0.3, -0.25) is 9.59 Å².